The molecule has 96 valence electrons. The van der Waals surface area contributed by atoms with E-state index in [-0.39, 0.29) is 5.70 Å². The summed E-state index contributed by atoms with van der Waals surface area (Å²) in [5.41, 5.74) is 0.952. The summed E-state index contributed by atoms with van der Waals surface area (Å²) in [6, 6.07) is 7.53. The first kappa shape index (κ1) is 11.5. The maximum absolute atomic E-state index is 11.0. The van der Waals surface area contributed by atoms with Crippen LogP contribution in [0.25, 0.3) is 6.08 Å². The van der Waals surface area contributed by atoms with Gasteiger partial charge in [-0.25, -0.2) is 0 Å². The van der Waals surface area contributed by atoms with Gasteiger partial charge in [0, 0.05) is 11.6 Å². The molecule has 2 aliphatic rings. The van der Waals surface area contributed by atoms with Gasteiger partial charge in [-0.05, 0) is 18.2 Å². The van der Waals surface area contributed by atoms with Crippen molar-refractivity contribution in [2.45, 2.75) is 12.2 Å². The van der Waals surface area contributed by atoms with Crippen molar-refractivity contribution in [3.63, 3.8) is 0 Å². The Bertz CT molecular complexity index is 603. The molecule has 5 heteroatoms. The Morgan fingerprint density at radius 1 is 1.26 bits per heavy atom. The highest BCUT2D eigenvalue weighted by Gasteiger charge is 2.36. The predicted molar refractivity (Wildman–Crippen MR) is 69.0 cm³/mol. The van der Waals surface area contributed by atoms with Gasteiger partial charge in [0.2, 0.25) is 6.10 Å². The molecule has 19 heavy (non-hydrogen) atoms. The van der Waals surface area contributed by atoms with Crippen molar-refractivity contribution in [2.24, 2.45) is 0 Å². The number of allylic oxidation sites excluding steroid dienone is 2. The Labute approximate surface area is 109 Å². The molecule has 0 aromatic heterocycles. The van der Waals surface area contributed by atoms with Crippen molar-refractivity contribution < 1.29 is 14.4 Å². The molecule has 5 nitrogen and oxygen atoms in total. The van der Waals surface area contributed by atoms with E-state index in [0.717, 1.165) is 5.56 Å². The Hall–Kier alpha value is -2.56. The van der Waals surface area contributed by atoms with Crippen LogP contribution in [-0.2, 0) is 4.74 Å². The van der Waals surface area contributed by atoms with Crippen molar-refractivity contribution in [3.8, 4) is 5.75 Å². The quantitative estimate of drug-likeness (QED) is 0.603. The Morgan fingerprint density at radius 3 is 2.95 bits per heavy atom. The van der Waals surface area contributed by atoms with E-state index >= 15 is 0 Å². The lowest BCUT2D eigenvalue weighted by Gasteiger charge is -2.27. The molecule has 0 spiro atoms. The number of para-hydroxylation sites is 1. The molecule has 0 radical (unpaired) electrons. The minimum atomic E-state index is -0.732. The second-order valence-corrected chi connectivity index (χ2v) is 4.21. The summed E-state index contributed by atoms with van der Waals surface area (Å²) in [5, 5.41) is 11.0. The average molecular weight is 257 g/mol. The van der Waals surface area contributed by atoms with Crippen molar-refractivity contribution in [1.82, 2.24) is 0 Å². The van der Waals surface area contributed by atoms with Gasteiger partial charge in [0.25, 0.3) is 5.70 Å². The monoisotopic (exact) mass is 257 g/mol. The fourth-order valence-corrected chi connectivity index (χ4v) is 2.12. The summed E-state index contributed by atoms with van der Waals surface area (Å²) in [6.07, 6.45) is 6.82. The van der Waals surface area contributed by atoms with E-state index in [1.165, 1.54) is 18.4 Å². The Balaban J connectivity index is 1.88. The molecule has 0 bridgehead atoms. The third kappa shape index (κ3) is 2.10. The summed E-state index contributed by atoms with van der Waals surface area (Å²) >= 11 is 0. The zero-order valence-corrected chi connectivity index (χ0v) is 9.93. The highest BCUT2D eigenvalue weighted by Crippen LogP contribution is 2.29. The third-order valence-electron chi connectivity index (χ3n) is 3.02. The van der Waals surface area contributed by atoms with E-state index in [1.54, 1.807) is 6.08 Å². The van der Waals surface area contributed by atoms with Gasteiger partial charge in [-0.1, -0.05) is 24.3 Å². The molecule has 0 saturated heterocycles. The van der Waals surface area contributed by atoms with E-state index < -0.39 is 17.1 Å². The van der Waals surface area contributed by atoms with Gasteiger partial charge >= 0.3 is 0 Å². The van der Waals surface area contributed by atoms with E-state index in [4.69, 9.17) is 9.47 Å². The van der Waals surface area contributed by atoms with Crippen LogP contribution in [0.4, 0.5) is 0 Å². The molecule has 0 aliphatic carbocycles. The van der Waals surface area contributed by atoms with E-state index in [1.807, 2.05) is 30.3 Å². The molecule has 2 heterocycles. The summed E-state index contributed by atoms with van der Waals surface area (Å²) in [4.78, 5) is 10.6. The first-order valence-electron chi connectivity index (χ1n) is 5.86. The lowest BCUT2D eigenvalue weighted by molar-refractivity contribution is -0.438. The molecular formula is C14H11NO4. The van der Waals surface area contributed by atoms with E-state index in [2.05, 4.69) is 0 Å². The topological polar surface area (TPSA) is 61.6 Å². The molecule has 2 aliphatic heterocycles. The molecule has 0 N–H and O–H groups in total. The number of hydrogen-bond donors (Lipinski definition) is 0. The standard InChI is InChI=1S/C14H11NO4/c16-15(17)11-5-3-9-18-14(11)13-8-7-10-4-1-2-6-12(10)19-13/h1-9,13-14H. The molecule has 1 aromatic carbocycles. The minimum Gasteiger partial charge on any atom is -0.482 e. The van der Waals surface area contributed by atoms with Crippen LogP contribution in [0.5, 0.6) is 5.75 Å². The van der Waals surface area contributed by atoms with Crippen LogP contribution in [-0.4, -0.2) is 17.1 Å². The summed E-state index contributed by atoms with van der Waals surface area (Å²) < 4.78 is 11.1. The first-order chi connectivity index (χ1) is 9.25. The van der Waals surface area contributed by atoms with Crippen molar-refractivity contribution in [1.29, 1.82) is 0 Å². The normalized spacial score (nSPS) is 23.9. The van der Waals surface area contributed by atoms with Crippen molar-refractivity contribution >= 4 is 6.08 Å². The van der Waals surface area contributed by atoms with Crippen LogP contribution >= 0.6 is 0 Å². The maximum atomic E-state index is 11.0. The van der Waals surface area contributed by atoms with Gasteiger partial charge < -0.3 is 9.47 Å². The summed E-state index contributed by atoms with van der Waals surface area (Å²) in [7, 11) is 0. The molecular weight excluding hydrogens is 246 g/mol. The lowest BCUT2D eigenvalue weighted by atomic mass is 10.0. The smallest absolute Gasteiger partial charge is 0.290 e. The molecule has 1 aromatic rings. The number of hydrogen-bond acceptors (Lipinski definition) is 4. The minimum absolute atomic E-state index is 0.00321. The van der Waals surface area contributed by atoms with Gasteiger partial charge in [0.05, 0.1) is 11.2 Å². The molecule has 0 fully saturated rings. The number of nitro groups is 1. The predicted octanol–water partition coefficient (Wildman–Crippen LogP) is 2.53. The highest BCUT2D eigenvalue weighted by molar-refractivity contribution is 5.60. The van der Waals surface area contributed by atoms with Crippen LogP contribution in [0.15, 0.2) is 54.5 Å². The molecule has 3 rings (SSSR count). The van der Waals surface area contributed by atoms with E-state index in [0.29, 0.717) is 5.75 Å². The molecule has 0 amide bonds. The summed E-state index contributed by atoms with van der Waals surface area (Å²) in [5.74, 6) is 0.704. The van der Waals surface area contributed by atoms with Crippen molar-refractivity contribution in [2.75, 3.05) is 0 Å². The van der Waals surface area contributed by atoms with Gasteiger partial charge in [-0.3, -0.25) is 10.1 Å². The number of fused-ring (bicyclic) bond motifs is 1. The van der Waals surface area contributed by atoms with E-state index in [9.17, 15) is 10.1 Å². The SMILES string of the molecule is O=[N+]([O-])C1=CC=COC1C1C=Cc2ccccc2O1. The zero-order valence-electron chi connectivity index (χ0n) is 9.93. The number of rotatable bonds is 2. The zero-order chi connectivity index (χ0) is 13.2. The van der Waals surface area contributed by atoms with Crippen LogP contribution < -0.4 is 4.74 Å². The number of nitrogens with zero attached hydrogens (tertiary/aromatic N) is 1. The van der Waals surface area contributed by atoms with Gasteiger partial charge in [0.1, 0.15) is 5.75 Å². The van der Waals surface area contributed by atoms with Crippen LogP contribution in [0, 0.1) is 10.1 Å². The average Bonchev–Trinajstić information content (AvgIpc) is 2.46. The first-order valence-corrected chi connectivity index (χ1v) is 5.86. The number of ether oxygens (including phenoxy) is 2. The molecule has 2 atom stereocenters. The van der Waals surface area contributed by atoms with Crippen LogP contribution in [0.3, 0.4) is 0 Å². The number of benzene rings is 1. The van der Waals surface area contributed by atoms with Gasteiger partial charge in [-0.15, -0.1) is 0 Å². The van der Waals surface area contributed by atoms with Crippen LogP contribution in [0.2, 0.25) is 0 Å². The summed E-state index contributed by atoms with van der Waals surface area (Å²) in [6.45, 7) is 0. The molecule has 0 saturated carbocycles. The fourth-order valence-electron chi connectivity index (χ4n) is 2.12. The second kappa shape index (κ2) is 4.61. The van der Waals surface area contributed by atoms with Gasteiger partial charge in [0.15, 0.2) is 6.10 Å². The fraction of sp³-hybridized carbons (Fsp3) is 0.143. The molecule has 2 unspecified atom stereocenters. The van der Waals surface area contributed by atoms with Crippen molar-refractivity contribution in [3.05, 3.63) is 70.1 Å². The van der Waals surface area contributed by atoms with Gasteiger partial charge in [-0.2, -0.15) is 0 Å². The van der Waals surface area contributed by atoms with Crippen LogP contribution in [0.1, 0.15) is 5.56 Å². The second-order valence-electron chi connectivity index (χ2n) is 4.21. The lowest BCUT2D eigenvalue weighted by Crippen LogP contribution is -2.37. The Morgan fingerprint density at radius 2 is 2.11 bits per heavy atom. The Kier molecular flexibility index (Phi) is 2.79. The third-order valence-corrected chi connectivity index (χ3v) is 3.02. The maximum Gasteiger partial charge on any atom is 0.290 e. The largest absolute Gasteiger partial charge is 0.482 e. The highest BCUT2D eigenvalue weighted by atomic mass is 16.6.